The summed E-state index contributed by atoms with van der Waals surface area (Å²) in [5, 5.41) is 3.97. The smallest absolute Gasteiger partial charge is 0 e. The fourth-order valence-corrected chi connectivity index (χ4v) is 0.224. The van der Waals surface area contributed by atoms with Crippen LogP contribution in [-0.4, -0.2) is 13.1 Å². The van der Waals surface area contributed by atoms with Crippen molar-refractivity contribution in [2.75, 3.05) is 13.1 Å². The molecule has 0 radical (unpaired) electrons. The van der Waals surface area contributed by atoms with Crippen LogP contribution in [0.5, 0.6) is 0 Å². The van der Waals surface area contributed by atoms with Crippen molar-refractivity contribution in [1.82, 2.24) is 0 Å². The van der Waals surface area contributed by atoms with Crippen molar-refractivity contribution in [3.63, 3.8) is 0 Å². The Balaban J connectivity index is 0. The fourth-order valence-electron chi connectivity index (χ4n) is 0.224. The Labute approximate surface area is 49.4 Å². The van der Waals surface area contributed by atoms with Gasteiger partial charge in [-0.3, -0.25) is 0 Å². The number of hydrogen-bond donors (Lipinski definition) is 0. The zero-order chi connectivity index (χ0) is 4.12. The molecule has 0 saturated carbocycles. The standard InChI is InChI=1S/C4H10N.Ni/c1-3-5-4-2;/h3-4H2,1-2H3;/q-1;. The van der Waals surface area contributed by atoms with Crippen LogP contribution in [0.15, 0.2) is 0 Å². The molecule has 0 bridgehead atoms. The summed E-state index contributed by atoms with van der Waals surface area (Å²) in [5.41, 5.74) is 0. The maximum Gasteiger partial charge on any atom is 0 e. The molecule has 0 spiro atoms. The van der Waals surface area contributed by atoms with Gasteiger partial charge in [0.05, 0.1) is 0 Å². The predicted octanol–water partition coefficient (Wildman–Crippen LogP) is 1.40. The average molecular weight is 131 g/mol. The molecule has 0 aromatic rings. The third kappa shape index (κ3) is 8.82. The Kier molecular flexibility index (Phi) is 14.6. The molecule has 0 aromatic heterocycles. The summed E-state index contributed by atoms with van der Waals surface area (Å²) >= 11 is 0. The SMILES string of the molecule is CC[N-]CC.[Ni]. The summed E-state index contributed by atoms with van der Waals surface area (Å²) in [7, 11) is 0. The molecule has 0 amide bonds. The van der Waals surface area contributed by atoms with Crippen molar-refractivity contribution in [1.29, 1.82) is 0 Å². The van der Waals surface area contributed by atoms with E-state index in [1.807, 2.05) is 13.8 Å². The van der Waals surface area contributed by atoms with Crippen LogP contribution in [0.1, 0.15) is 13.8 Å². The molecule has 0 aliphatic rings. The van der Waals surface area contributed by atoms with E-state index in [0.29, 0.717) is 0 Å². The van der Waals surface area contributed by atoms with E-state index in [1.54, 1.807) is 0 Å². The van der Waals surface area contributed by atoms with Gasteiger partial charge in [-0.05, 0) is 0 Å². The Morgan fingerprint density at radius 1 is 1.17 bits per heavy atom. The second kappa shape index (κ2) is 9.07. The van der Waals surface area contributed by atoms with Crippen LogP contribution in [0.3, 0.4) is 0 Å². The van der Waals surface area contributed by atoms with Gasteiger partial charge < -0.3 is 5.32 Å². The minimum Gasteiger partial charge on any atom is -0.663 e. The van der Waals surface area contributed by atoms with Crippen LogP contribution in [0.4, 0.5) is 0 Å². The first-order valence-corrected chi connectivity index (χ1v) is 2.05. The van der Waals surface area contributed by atoms with Crippen LogP contribution in [0.2, 0.25) is 0 Å². The third-order valence-corrected chi connectivity index (χ3v) is 0.447. The second-order valence-electron chi connectivity index (χ2n) is 0.856. The normalized spacial score (nSPS) is 7.00. The number of nitrogens with zero attached hydrogens (tertiary/aromatic N) is 1. The Bertz CT molecular complexity index is 15.0. The Morgan fingerprint density at radius 2 is 1.50 bits per heavy atom. The van der Waals surface area contributed by atoms with Crippen LogP contribution < -0.4 is 0 Å². The van der Waals surface area contributed by atoms with Gasteiger partial charge >= 0.3 is 0 Å². The average Bonchev–Trinajstić information content (AvgIpc) is 1.41. The van der Waals surface area contributed by atoms with Crippen molar-refractivity contribution >= 4 is 0 Å². The van der Waals surface area contributed by atoms with Gasteiger partial charge in [-0.15, -0.1) is 0 Å². The summed E-state index contributed by atoms with van der Waals surface area (Å²) in [6.07, 6.45) is 0. The molecule has 0 aromatic carbocycles. The minimum absolute atomic E-state index is 0. The molecule has 0 atom stereocenters. The van der Waals surface area contributed by atoms with E-state index in [-0.39, 0.29) is 16.5 Å². The molecule has 42 valence electrons. The maximum absolute atomic E-state index is 3.97. The van der Waals surface area contributed by atoms with Crippen molar-refractivity contribution in [3.05, 3.63) is 5.32 Å². The summed E-state index contributed by atoms with van der Waals surface area (Å²) < 4.78 is 0. The van der Waals surface area contributed by atoms with E-state index < -0.39 is 0 Å². The van der Waals surface area contributed by atoms with E-state index in [2.05, 4.69) is 5.32 Å². The molecule has 0 rings (SSSR count). The molecule has 0 aliphatic carbocycles. The van der Waals surface area contributed by atoms with Crippen LogP contribution >= 0.6 is 0 Å². The molecule has 0 N–H and O–H groups in total. The zero-order valence-corrected chi connectivity index (χ0v) is 5.17. The van der Waals surface area contributed by atoms with Crippen molar-refractivity contribution < 1.29 is 16.5 Å². The molecular formula is C4H10NNi-. The molecule has 1 nitrogen and oxygen atoms in total. The fraction of sp³-hybridized carbons (Fsp3) is 1.00. The zero-order valence-electron chi connectivity index (χ0n) is 4.18. The van der Waals surface area contributed by atoms with E-state index in [0.717, 1.165) is 13.1 Å². The van der Waals surface area contributed by atoms with E-state index in [1.165, 1.54) is 0 Å². The first-order chi connectivity index (χ1) is 2.41. The van der Waals surface area contributed by atoms with Crippen molar-refractivity contribution in [2.24, 2.45) is 0 Å². The first-order valence-electron chi connectivity index (χ1n) is 2.05. The van der Waals surface area contributed by atoms with Crippen molar-refractivity contribution in [3.8, 4) is 0 Å². The molecule has 6 heavy (non-hydrogen) atoms. The minimum atomic E-state index is 0. The van der Waals surface area contributed by atoms with Gasteiger partial charge in [0.25, 0.3) is 0 Å². The Hall–Kier alpha value is 0.454. The molecule has 0 fully saturated rings. The van der Waals surface area contributed by atoms with Gasteiger partial charge in [-0.25, -0.2) is 0 Å². The first kappa shape index (κ1) is 9.68. The van der Waals surface area contributed by atoms with Gasteiger partial charge in [-0.1, -0.05) is 13.8 Å². The predicted molar refractivity (Wildman–Crippen MR) is 24.4 cm³/mol. The maximum atomic E-state index is 3.97. The Morgan fingerprint density at radius 3 is 1.50 bits per heavy atom. The topological polar surface area (TPSA) is 14.1 Å². The molecule has 0 unspecified atom stereocenters. The van der Waals surface area contributed by atoms with E-state index in [9.17, 15) is 0 Å². The quantitative estimate of drug-likeness (QED) is 0.502. The largest absolute Gasteiger partial charge is 0.663 e. The second-order valence-corrected chi connectivity index (χ2v) is 0.856. The summed E-state index contributed by atoms with van der Waals surface area (Å²) in [6.45, 7) is 6.03. The number of rotatable bonds is 2. The molecule has 0 heterocycles. The summed E-state index contributed by atoms with van der Waals surface area (Å²) in [6, 6.07) is 0. The summed E-state index contributed by atoms with van der Waals surface area (Å²) in [5.74, 6) is 0. The molecule has 2 heteroatoms. The molecule has 0 saturated heterocycles. The third-order valence-electron chi connectivity index (χ3n) is 0.447. The van der Waals surface area contributed by atoms with E-state index >= 15 is 0 Å². The van der Waals surface area contributed by atoms with Gasteiger partial charge in [-0.2, -0.15) is 13.1 Å². The van der Waals surface area contributed by atoms with Crippen molar-refractivity contribution in [2.45, 2.75) is 13.8 Å². The molecular weight excluding hydrogens is 121 g/mol. The molecule has 0 aliphatic heterocycles. The van der Waals surface area contributed by atoms with E-state index in [4.69, 9.17) is 0 Å². The van der Waals surface area contributed by atoms with Gasteiger partial charge in [0.15, 0.2) is 0 Å². The summed E-state index contributed by atoms with van der Waals surface area (Å²) in [4.78, 5) is 0. The van der Waals surface area contributed by atoms with Gasteiger partial charge in [0.1, 0.15) is 0 Å². The number of hydrogen-bond acceptors (Lipinski definition) is 0. The van der Waals surface area contributed by atoms with Gasteiger partial charge in [0, 0.05) is 16.5 Å². The van der Waals surface area contributed by atoms with Crippen LogP contribution in [0.25, 0.3) is 5.32 Å². The van der Waals surface area contributed by atoms with Gasteiger partial charge in [0.2, 0.25) is 0 Å². The van der Waals surface area contributed by atoms with Crippen LogP contribution in [0, 0.1) is 0 Å². The van der Waals surface area contributed by atoms with Crippen LogP contribution in [-0.2, 0) is 16.5 Å². The monoisotopic (exact) mass is 130 g/mol.